The van der Waals surface area contributed by atoms with Gasteiger partial charge in [-0.2, -0.15) is 4.31 Å². The maximum absolute atomic E-state index is 12.0. The van der Waals surface area contributed by atoms with Crippen LogP contribution in [0.15, 0.2) is 12.7 Å². The standard InChI is InChI=1S/C11H22N2O2S/c1-3-10-16(14,15)13-9-5-4-6-11(13)7-8-12-2/h3,11-12H,1,4-10H2,2H3. The van der Waals surface area contributed by atoms with Crippen molar-refractivity contribution < 1.29 is 8.42 Å². The summed E-state index contributed by atoms with van der Waals surface area (Å²) in [5.74, 6) is 0.0586. The van der Waals surface area contributed by atoms with E-state index >= 15 is 0 Å². The van der Waals surface area contributed by atoms with Crippen molar-refractivity contribution in [2.75, 3.05) is 25.9 Å². The fourth-order valence-corrected chi connectivity index (χ4v) is 3.75. The van der Waals surface area contributed by atoms with Gasteiger partial charge in [0.25, 0.3) is 0 Å². The van der Waals surface area contributed by atoms with E-state index in [-0.39, 0.29) is 11.8 Å². The van der Waals surface area contributed by atoms with Crippen molar-refractivity contribution in [2.24, 2.45) is 0 Å². The minimum Gasteiger partial charge on any atom is -0.320 e. The summed E-state index contributed by atoms with van der Waals surface area (Å²) in [6, 6.07) is 0.172. The fraction of sp³-hybridized carbons (Fsp3) is 0.818. The van der Waals surface area contributed by atoms with Crippen LogP contribution < -0.4 is 5.32 Å². The molecule has 1 heterocycles. The van der Waals surface area contributed by atoms with Crippen molar-refractivity contribution in [3.63, 3.8) is 0 Å². The molecule has 1 fully saturated rings. The quantitative estimate of drug-likeness (QED) is 0.710. The van der Waals surface area contributed by atoms with E-state index in [2.05, 4.69) is 11.9 Å². The largest absolute Gasteiger partial charge is 0.320 e. The first-order valence-corrected chi connectivity index (χ1v) is 7.47. The molecule has 5 heteroatoms. The van der Waals surface area contributed by atoms with E-state index in [1.54, 1.807) is 4.31 Å². The number of hydrogen-bond donors (Lipinski definition) is 1. The van der Waals surface area contributed by atoms with Crippen molar-refractivity contribution in [1.82, 2.24) is 9.62 Å². The normalized spacial score (nSPS) is 23.2. The Bertz CT molecular complexity index is 314. The minimum absolute atomic E-state index is 0.0586. The van der Waals surface area contributed by atoms with Gasteiger partial charge in [0.05, 0.1) is 5.75 Å². The van der Waals surface area contributed by atoms with Crippen LogP contribution in [-0.2, 0) is 10.0 Å². The van der Waals surface area contributed by atoms with Crippen LogP contribution in [0.2, 0.25) is 0 Å². The lowest BCUT2D eigenvalue weighted by Gasteiger charge is -2.34. The van der Waals surface area contributed by atoms with Gasteiger partial charge in [0, 0.05) is 12.6 Å². The Morgan fingerprint density at radius 2 is 2.25 bits per heavy atom. The highest BCUT2D eigenvalue weighted by molar-refractivity contribution is 7.89. The zero-order valence-corrected chi connectivity index (χ0v) is 10.8. The Morgan fingerprint density at radius 1 is 1.50 bits per heavy atom. The van der Waals surface area contributed by atoms with E-state index in [1.807, 2.05) is 7.05 Å². The molecule has 4 nitrogen and oxygen atoms in total. The molecule has 0 spiro atoms. The predicted molar refractivity (Wildman–Crippen MR) is 66.9 cm³/mol. The molecule has 1 N–H and O–H groups in total. The number of nitrogens with zero attached hydrogens (tertiary/aromatic N) is 1. The third-order valence-corrected chi connectivity index (χ3v) is 4.84. The van der Waals surface area contributed by atoms with Gasteiger partial charge < -0.3 is 5.32 Å². The van der Waals surface area contributed by atoms with E-state index in [4.69, 9.17) is 0 Å². The molecule has 0 aromatic carbocycles. The van der Waals surface area contributed by atoms with Gasteiger partial charge in [0.1, 0.15) is 0 Å². The van der Waals surface area contributed by atoms with Gasteiger partial charge >= 0.3 is 0 Å². The van der Waals surface area contributed by atoms with Crippen molar-refractivity contribution in [2.45, 2.75) is 31.7 Å². The Hall–Kier alpha value is -0.390. The molecular weight excluding hydrogens is 224 g/mol. The number of piperidine rings is 1. The van der Waals surface area contributed by atoms with Crippen LogP contribution in [0.25, 0.3) is 0 Å². The van der Waals surface area contributed by atoms with E-state index in [1.165, 1.54) is 6.08 Å². The van der Waals surface area contributed by atoms with Gasteiger partial charge in [0.15, 0.2) is 0 Å². The highest BCUT2D eigenvalue weighted by atomic mass is 32.2. The molecule has 0 amide bonds. The van der Waals surface area contributed by atoms with Gasteiger partial charge in [-0.15, -0.1) is 6.58 Å². The maximum Gasteiger partial charge on any atom is 0.217 e. The third kappa shape index (κ3) is 3.57. The average Bonchev–Trinajstić information content (AvgIpc) is 2.26. The molecule has 0 aliphatic carbocycles. The van der Waals surface area contributed by atoms with Crippen LogP contribution in [0.1, 0.15) is 25.7 Å². The molecule has 0 aromatic rings. The molecule has 94 valence electrons. The monoisotopic (exact) mass is 246 g/mol. The molecule has 1 aliphatic heterocycles. The fourth-order valence-electron chi connectivity index (χ4n) is 2.18. The van der Waals surface area contributed by atoms with Crippen LogP contribution in [-0.4, -0.2) is 44.7 Å². The SMILES string of the molecule is C=CCS(=O)(=O)N1CCCCC1CCNC. The van der Waals surface area contributed by atoms with E-state index in [0.717, 1.165) is 32.2 Å². The summed E-state index contributed by atoms with van der Waals surface area (Å²) in [5.41, 5.74) is 0. The lowest BCUT2D eigenvalue weighted by Crippen LogP contribution is -2.45. The molecule has 1 rings (SSSR count). The summed E-state index contributed by atoms with van der Waals surface area (Å²) in [7, 11) is -1.23. The van der Waals surface area contributed by atoms with Crippen LogP contribution in [0.5, 0.6) is 0 Å². The summed E-state index contributed by atoms with van der Waals surface area (Å²) in [6.07, 6.45) is 5.46. The molecule has 0 aromatic heterocycles. The molecule has 0 bridgehead atoms. The number of rotatable bonds is 6. The second kappa shape index (κ2) is 6.37. The third-order valence-electron chi connectivity index (χ3n) is 2.99. The molecular formula is C11H22N2O2S. The van der Waals surface area contributed by atoms with E-state index in [0.29, 0.717) is 6.54 Å². The van der Waals surface area contributed by atoms with Crippen LogP contribution >= 0.6 is 0 Å². The summed E-state index contributed by atoms with van der Waals surface area (Å²) < 4.78 is 25.7. The first-order valence-electron chi connectivity index (χ1n) is 5.87. The molecule has 1 unspecified atom stereocenters. The lowest BCUT2D eigenvalue weighted by molar-refractivity contribution is 0.241. The molecule has 1 aliphatic rings. The predicted octanol–water partition coefficient (Wildman–Crippen LogP) is 0.966. The van der Waals surface area contributed by atoms with Crippen molar-refractivity contribution in [3.8, 4) is 0 Å². The second-order valence-electron chi connectivity index (χ2n) is 4.22. The first kappa shape index (κ1) is 13.7. The van der Waals surface area contributed by atoms with Crippen LogP contribution in [0, 0.1) is 0 Å². The van der Waals surface area contributed by atoms with Crippen LogP contribution in [0.3, 0.4) is 0 Å². The highest BCUT2D eigenvalue weighted by Gasteiger charge is 2.30. The molecule has 16 heavy (non-hydrogen) atoms. The molecule has 0 radical (unpaired) electrons. The zero-order chi connectivity index (χ0) is 12.0. The van der Waals surface area contributed by atoms with Crippen molar-refractivity contribution in [3.05, 3.63) is 12.7 Å². The number of nitrogens with one attached hydrogen (secondary N) is 1. The average molecular weight is 246 g/mol. The smallest absolute Gasteiger partial charge is 0.217 e. The van der Waals surface area contributed by atoms with Gasteiger partial charge in [-0.25, -0.2) is 8.42 Å². The molecule has 1 saturated heterocycles. The first-order chi connectivity index (χ1) is 7.61. The Morgan fingerprint density at radius 3 is 2.88 bits per heavy atom. The summed E-state index contributed by atoms with van der Waals surface area (Å²) >= 11 is 0. The Labute approximate surface area is 98.8 Å². The molecule has 0 saturated carbocycles. The van der Waals surface area contributed by atoms with Gasteiger partial charge in [-0.1, -0.05) is 12.5 Å². The molecule has 1 atom stereocenters. The van der Waals surface area contributed by atoms with Gasteiger partial charge in [-0.05, 0) is 32.9 Å². The Kier molecular flexibility index (Phi) is 5.44. The van der Waals surface area contributed by atoms with Gasteiger partial charge in [-0.3, -0.25) is 0 Å². The van der Waals surface area contributed by atoms with Crippen molar-refractivity contribution in [1.29, 1.82) is 0 Å². The number of hydrogen-bond acceptors (Lipinski definition) is 3. The highest BCUT2D eigenvalue weighted by Crippen LogP contribution is 2.22. The summed E-state index contributed by atoms with van der Waals surface area (Å²) in [5, 5.41) is 3.08. The second-order valence-corrected chi connectivity index (χ2v) is 6.19. The topological polar surface area (TPSA) is 49.4 Å². The lowest BCUT2D eigenvalue weighted by atomic mass is 10.0. The van der Waals surface area contributed by atoms with Gasteiger partial charge in [0.2, 0.25) is 10.0 Å². The maximum atomic E-state index is 12.0. The zero-order valence-electron chi connectivity index (χ0n) is 9.98. The van der Waals surface area contributed by atoms with Crippen LogP contribution in [0.4, 0.5) is 0 Å². The summed E-state index contributed by atoms with van der Waals surface area (Å²) in [4.78, 5) is 0. The van der Waals surface area contributed by atoms with E-state index < -0.39 is 10.0 Å². The number of sulfonamides is 1. The summed E-state index contributed by atoms with van der Waals surface area (Å²) in [6.45, 7) is 5.05. The minimum atomic E-state index is -3.13. The Balaban J connectivity index is 2.69. The van der Waals surface area contributed by atoms with Crippen molar-refractivity contribution >= 4 is 10.0 Å². The van der Waals surface area contributed by atoms with E-state index in [9.17, 15) is 8.42 Å².